The maximum Gasteiger partial charge on any atom is 0.271 e. The van der Waals surface area contributed by atoms with E-state index in [1.54, 1.807) is 6.07 Å². The molecule has 3 aliphatic rings. The van der Waals surface area contributed by atoms with E-state index in [0.717, 1.165) is 36.4 Å². The summed E-state index contributed by atoms with van der Waals surface area (Å²) in [5, 5.41) is 17.5. The summed E-state index contributed by atoms with van der Waals surface area (Å²) in [7, 11) is 0. The molecule has 0 aliphatic carbocycles. The molecule has 2 N–H and O–H groups in total. The number of carbonyl (C=O) groups is 1. The van der Waals surface area contributed by atoms with Gasteiger partial charge >= 0.3 is 0 Å². The predicted molar refractivity (Wildman–Crippen MR) is 128 cm³/mol. The summed E-state index contributed by atoms with van der Waals surface area (Å²) >= 11 is 0. The molecule has 0 spiro atoms. The molecule has 2 aromatic carbocycles. The fourth-order valence-electron chi connectivity index (χ4n) is 4.92. The third-order valence-corrected chi connectivity index (χ3v) is 6.63. The van der Waals surface area contributed by atoms with E-state index in [9.17, 15) is 14.9 Å². The van der Waals surface area contributed by atoms with Crippen LogP contribution < -0.4 is 15.5 Å². The molecule has 0 bridgehead atoms. The number of piperazine rings is 1. The van der Waals surface area contributed by atoms with Gasteiger partial charge in [-0.25, -0.2) is 4.99 Å². The van der Waals surface area contributed by atoms with Gasteiger partial charge in [-0.2, -0.15) is 0 Å². The second-order valence-electron chi connectivity index (χ2n) is 9.26. The number of fused-ring (bicyclic) bond motifs is 2. The zero-order chi connectivity index (χ0) is 23.3. The molecule has 5 rings (SSSR count). The molecule has 0 saturated carbocycles. The monoisotopic (exact) mass is 448 g/mol. The van der Waals surface area contributed by atoms with Crippen LogP contribution >= 0.6 is 0 Å². The second-order valence-corrected chi connectivity index (χ2v) is 9.26. The van der Waals surface area contributed by atoms with Crippen LogP contribution in [0.4, 0.5) is 22.7 Å². The average Bonchev–Trinajstić information content (AvgIpc) is 3.12. The van der Waals surface area contributed by atoms with Gasteiger partial charge in [0.15, 0.2) is 0 Å². The van der Waals surface area contributed by atoms with Crippen molar-refractivity contribution in [2.45, 2.75) is 45.3 Å². The minimum atomic E-state index is -0.593. The number of benzene rings is 2. The van der Waals surface area contributed by atoms with E-state index < -0.39 is 10.8 Å². The van der Waals surface area contributed by atoms with Gasteiger partial charge in [0.1, 0.15) is 11.8 Å². The zero-order valence-corrected chi connectivity index (χ0v) is 19.0. The molecule has 1 saturated heterocycles. The summed E-state index contributed by atoms with van der Waals surface area (Å²) in [5.74, 6) is -0.110. The summed E-state index contributed by atoms with van der Waals surface area (Å²) in [6.07, 6.45) is 0. The largest absolute Gasteiger partial charge is 0.369 e. The van der Waals surface area contributed by atoms with Gasteiger partial charge in [-0.15, -0.1) is 0 Å². The number of hydrogen-bond donors (Lipinski definition) is 2. The van der Waals surface area contributed by atoms with Crippen molar-refractivity contribution in [3.8, 4) is 0 Å². The first-order valence-electron chi connectivity index (χ1n) is 11.4. The minimum absolute atomic E-state index is 0.0406. The third-order valence-electron chi connectivity index (χ3n) is 6.63. The molecule has 1 amide bonds. The predicted octanol–water partition coefficient (Wildman–Crippen LogP) is 3.38. The smallest absolute Gasteiger partial charge is 0.271 e. The number of hydrogen-bond acceptors (Lipinski definition) is 7. The van der Waals surface area contributed by atoms with Gasteiger partial charge in [-0.1, -0.05) is 0 Å². The van der Waals surface area contributed by atoms with Crippen LogP contribution in [0.15, 0.2) is 41.4 Å². The van der Waals surface area contributed by atoms with Crippen LogP contribution in [0.25, 0.3) is 0 Å². The van der Waals surface area contributed by atoms with Gasteiger partial charge in [0, 0.05) is 56.1 Å². The summed E-state index contributed by atoms with van der Waals surface area (Å²) in [4.78, 5) is 33.2. The maximum atomic E-state index is 13.0. The first-order valence-corrected chi connectivity index (χ1v) is 11.4. The number of aliphatic imine (C=N–C) groups is 1. The lowest BCUT2D eigenvalue weighted by Gasteiger charge is -2.37. The highest BCUT2D eigenvalue weighted by Crippen LogP contribution is 2.40. The van der Waals surface area contributed by atoms with Crippen LogP contribution in [-0.4, -0.2) is 53.3 Å². The number of rotatable bonds is 4. The van der Waals surface area contributed by atoms with Crippen molar-refractivity contribution in [3.05, 3.63) is 57.6 Å². The molecule has 3 aliphatic heterocycles. The van der Waals surface area contributed by atoms with E-state index in [0.29, 0.717) is 24.1 Å². The molecule has 33 heavy (non-hydrogen) atoms. The van der Waals surface area contributed by atoms with Crippen LogP contribution in [0.2, 0.25) is 0 Å². The molecule has 0 radical (unpaired) electrons. The van der Waals surface area contributed by atoms with Crippen molar-refractivity contribution >= 4 is 34.5 Å². The SMILES string of the molecule is CC(C)N1Cc2cc(N3CCN[C@@H](C)C3)ccc2N=C1C1C(=O)Nc2cc([N+](=O)[O-])ccc21. The van der Waals surface area contributed by atoms with E-state index in [2.05, 4.69) is 53.3 Å². The number of carbonyl (C=O) groups excluding carboxylic acids is 1. The average molecular weight is 449 g/mol. The Morgan fingerprint density at radius 2 is 2.03 bits per heavy atom. The molecule has 1 fully saturated rings. The summed E-state index contributed by atoms with van der Waals surface area (Å²) in [5.41, 5.74) is 4.38. The molecular formula is C24H28N6O3. The molecule has 0 aromatic heterocycles. The van der Waals surface area contributed by atoms with Crippen LogP contribution in [0.1, 0.15) is 37.8 Å². The minimum Gasteiger partial charge on any atom is -0.369 e. The third kappa shape index (κ3) is 3.82. The Morgan fingerprint density at radius 3 is 2.76 bits per heavy atom. The Labute approximate surface area is 192 Å². The first kappa shape index (κ1) is 21.4. The van der Waals surface area contributed by atoms with Crippen LogP contribution in [0.5, 0.6) is 0 Å². The van der Waals surface area contributed by atoms with Gasteiger partial charge in [0.2, 0.25) is 5.91 Å². The fourth-order valence-corrected chi connectivity index (χ4v) is 4.92. The lowest BCUT2D eigenvalue weighted by atomic mass is 9.95. The van der Waals surface area contributed by atoms with Gasteiger partial charge < -0.3 is 20.4 Å². The Hall–Kier alpha value is -3.46. The van der Waals surface area contributed by atoms with Gasteiger partial charge in [-0.05, 0) is 56.2 Å². The lowest BCUT2D eigenvalue weighted by molar-refractivity contribution is -0.384. The maximum absolute atomic E-state index is 13.0. The number of non-ortho nitro benzene ring substituents is 1. The van der Waals surface area contributed by atoms with Crippen molar-refractivity contribution < 1.29 is 9.72 Å². The molecule has 2 atom stereocenters. The number of amides is 1. The first-order chi connectivity index (χ1) is 15.8. The normalized spacial score (nSPS) is 22.1. The van der Waals surface area contributed by atoms with Crippen molar-refractivity contribution in [1.29, 1.82) is 0 Å². The summed E-state index contributed by atoms with van der Waals surface area (Å²) in [6, 6.07) is 11.5. The number of nitrogens with one attached hydrogen (secondary N) is 2. The van der Waals surface area contributed by atoms with E-state index in [4.69, 9.17) is 4.99 Å². The van der Waals surface area contributed by atoms with Gasteiger partial charge in [0.25, 0.3) is 5.69 Å². The van der Waals surface area contributed by atoms with Crippen molar-refractivity contribution in [2.75, 3.05) is 29.9 Å². The molecule has 9 heteroatoms. The highest BCUT2D eigenvalue weighted by molar-refractivity contribution is 6.18. The zero-order valence-electron chi connectivity index (χ0n) is 19.0. The number of nitro groups is 1. The lowest BCUT2D eigenvalue weighted by Crippen LogP contribution is -2.49. The molecule has 172 valence electrons. The number of amidine groups is 1. The van der Waals surface area contributed by atoms with Crippen LogP contribution in [0, 0.1) is 10.1 Å². The highest BCUT2D eigenvalue weighted by atomic mass is 16.6. The van der Waals surface area contributed by atoms with Gasteiger partial charge in [-0.3, -0.25) is 14.9 Å². The molecule has 9 nitrogen and oxygen atoms in total. The quantitative estimate of drug-likeness (QED) is 0.549. The summed E-state index contributed by atoms with van der Waals surface area (Å²) in [6.45, 7) is 9.93. The fraction of sp³-hybridized carbons (Fsp3) is 0.417. The standard InChI is InChI=1S/C24H28N6O3/c1-14(2)29-13-16-10-17(28-9-8-25-15(3)12-28)5-7-20(16)26-23(29)22-19-6-4-18(30(32)33)11-21(19)27-24(22)31/h4-7,10-11,14-15,22,25H,8-9,12-13H2,1-3H3,(H,27,31)/t15-,22?/m0/s1. The van der Waals surface area contributed by atoms with Gasteiger partial charge in [0.05, 0.1) is 16.3 Å². The molecule has 1 unspecified atom stereocenters. The van der Waals surface area contributed by atoms with Crippen molar-refractivity contribution in [1.82, 2.24) is 10.2 Å². The second kappa shape index (κ2) is 8.15. The Morgan fingerprint density at radius 1 is 1.21 bits per heavy atom. The van der Waals surface area contributed by atoms with E-state index in [-0.39, 0.29) is 17.6 Å². The molecular weight excluding hydrogens is 420 g/mol. The van der Waals surface area contributed by atoms with Crippen LogP contribution in [-0.2, 0) is 11.3 Å². The van der Waals surface area contributed by atoms with Crippen molar-refractivity contribution in [3.63, 3.8) is 0 Å². The highest BCUT2D eigenvalue weighted by Gasteiger charge is 2.40. The number of nitro benzene ring substituents is 1. The summed E-state index contributed by atoms with van der Waals surface area (Å²) < 4.78 is 0. The molecule has 2 aromatic rings. The van der Waals surface area contributed by atoms with E-state index in [1.165, 1.54) is 17.8 Å². The van der Waals surface area contributed by atoms with Crippen molar-refractivity contribution in [2.24, 2.45) is 4.99 Å². The Bertz CT molecular complexity index is 1160. The van der Waals surface area contributed by atoms with E-state index >= 15 is 0 Å². The van der Waals surface area contributed by atoms with Crippen LogP contribution in [0.3, 0.4) is 0 Å². The Balaban J connectivity index is 1.52. The Kier molecular flexibility index (Phi) is 5.28. The van der Waals surface area contributed by atoms with E-state index in [1.807, 2.05) is 6.07 Å². The topological polar surface area (TPSA) is 103 Å². The molecule has 3 heterocycles. The number of nitrogens with zero attached hydrogens (tertiary/aromatic N) is 4. The number of anilines is 2.